The van der Waals surface area contributed by atoms with Crippen molar-refractivity contribution in [1.29, 1.82) is 0 Å². The second kappa shape index (κ2) is 11.0. The van der Waals surface area contributed by atoms with Crippen LogP contribution in [0.4, 0.5) is 0 Å². The Morgan fingerprint density at radius 3 is 2.91 bits per heavy atom. The molecule has 0 radical (unpaired) electrons. The summed E-state index contributed by atoms with van der Waals surface area (Å²) in [4.78, 5) is 16.4. The molecule has 7 heteroatoms. The number of amides is 1. The summed E-state index contributed by atoms with van der Waals surface area (Å²) in [6.45, 7) is 3.98. The average molecular weight is 362 g/mol. The van der Waals surface area contributed by atoms with Crippen LogP contribution in [0.25, 0.3) is 0 Å². The van der Waals surface area contributed by atoms with E-state index in [0.29, 0.717) is 24.7 Å². The maximum Gasteiger partial charge on any atom is 0.270 e. The van der Waals surface area contributed by atoms with E-state index in [1.54, 1.807) is 5.38 Å². The molecule has 1 saturated carbocycles. The Hall–Kier alpha value is -0.690. The Bertz CT molecular complexity index is 464. The first kappa shape index (κ1) is 20.4. The third-order valence-electron chi connectivity index (χ3n) is 4.16. The number of carbonyl (C=O) groups is 1. The predicted molar refractivity (Wildman–Crippen MR) is 96.4 cm³/mol. The molecule has 0 aliphatic heterocycles. The van der Waals surface area contributed by atoms with Crippen LogP contribution in [0.5, 0.6) is 0 Å². The fourth-order valence-corrected chi connectivity index (χ4v) is 3.86. The molecular formula is C16H28ClN3O2S. The van der Waals surface area contributed by atoms with Gasteiger partial charge in [-0.2, -0.15) is 0 Å². The summed E-state index contributed by atoms with van der Waals surface area (Å²) in [6, 6.07) is 0. The van der Waals surface area contributed by atoms with Gasteiger partial charge in [-0.15, -0.1) is 23.7 Å². The second-order valence-electron chi connectivity index (χ2n) is 5.75. The molecule has 3 N–H and O–H groups in total. The molecule has 2 rings (SSSR count). The van der Waals surface area contributed by atoms with E-state index >= 15 is 0 Å². The van der Waals surface area contributed by atoms with E-state index < -0.39 is 0 Å². The Morgan fingerprint density at radius 1 is 1.52 bits per heavy atom. The number of aromatic nitrogens is 1. The van der Waals surface area contributed by atoms with Gasteiger partial charge in [0.1, 0.15) is 5.69 Å². The highest BCUT2D eigenvalue weighted by atomic mass is 35.5. The van der Waals surface area contributed by atoms with Crippen LogP contribution in [0, 0.1) is 5.92 Å². The first-order valence-electron chi connectivity index (χ1n) is 8.28. The second-order valence-corrected chi connectivity index (χ2v) is 6.69. The molecule has 1 aromatic heterocycles. The van der Waals surface area contributed by atoms with Crippen LogP contribution in [0.2, 0.25) is 0 Å². The molecule has 1 aliphatic carbocycles. The van der Waals surface area contributed by atoms with Crippen molar-refractivity contribution in [3.05, 3.63) is 16.1 Å². The van der Waals surface area contributed by atoms with E-state index in [2.05, 4.69) is 10.3 Å². The molecule has 23 heavy (non-hydrogen) atoms. The lowest BCUT2D eigenvalue weighted by molar-refractivity contribution is 0.0163. The average Bonchev–Trinajstić information content (AvgIpc) is 3.18. The molecular weight excluding hydrogens is 334 g/mol. The molecule has 1 heterocycles. The van der Waals surface area contributed by atoms with Crippen molar-refractivity contribution < 1.29 is 9.53 Å². The van der Waals surface area contributed by atoms with Crippen LogP contribution in [0.15, 0.2) is 5.38 Å². The number of thiazole rings is 1. The molecule has 1 aliphatic rings. The van der Waals surface area contributed by atoms with Gasteiger partial charge in [0.15, 0.2) is 0 Å². The Labute approximate surface area is 148 Å². The summed E-state index contributed by atoms with van der Waals surface area (Å²) in [6.07, 6.45) is 7.01. The highest BCUT2D eigenvalue weighted by Crippen LogP contribution is 2.30. The molecule has 5 nitrogen and oxygen atoms in total. The number of halogens is 1. The van der Waals surface area contributed by atoms with E-state index in [9.17, 15) is 4.79 Å². The van der Waals surface area contributed by atoms with Crippen molar-refractivity contribution in [1.82, 2.24) is 10.3 Å². The van der Waals surface area contributed by atoms with Crippen molar-refractivity contribution in [2.75, 3.05) is 19.7 Å². The normalized spacial score (nSPS) is 16.1. The van der Waals surface area contributed by atoms with Crippen LogP contribution in [-0.4, -0.2) is 36.7 Å². The molecule has 1 unspecified atom stereocenters. The zero-order chi connectivity index (χ0) is 15.8. The van der Waals surface area contributed by atoms with Crippen LogP contribution < -0.4 is 11.1 Å². The van der Waals surface area contributed by atoms with E-state index in [0.717, 1.165) is 24.5 Å². The van der Waals surface area contributed by atoms with E-state index in [4.69, 9.17) is 10.5 Å². The van der Waals surface area contributed by atoms with Gasteiger partial charge in [0, 0.05) is 25.0 Å². The largest absolute Gasteiger partial charge is 0.378 e. The van der Waals surface area contributed by atoms with Crippen LogP contribution in [0.3, 0.4) is 0 Å². The Kier molecular flexibility index (Phi) is 9.71. The number of nitrogens with one attached hydrogen (secondary N) is 1. The number of nitrogens with zero attached hydrogens (tertiary/aromatic N) is 1. The van der Waals surface area contributed by atoms with Gasteiger partial charge in [-0.3, -0.25) is 4.79 Å². The first-order chi connectivity index (χ1) is 10.7. The molecule has 0 aromatic carbocycles. The van der Waals surface area contributed by atoms with Crippen molar-refractivity contribution in [3.63, 3.8) is 0 Å². The standard InChI is InChI=1S/C16H27N3O2S.ClH/c1-2-21-14(12-5-3-4-6-12)8-10-18-16(20)13-11-22-15(19-13)7-9-17;/h11-12,14H,2-10,17H2,1H3,(H,18,20);1H. The highest BCUT2D eigenvalue weighted by Gasteiger charge is 2.25. The molecule has 0 spiro atoms. The predicted octanol–water partition coefficient (Wildman–Crippen LogP) is 2.78. The van der Waals surface area contributed by atoms with Gasteiger partial charge in [-0.05, 0) is 38.6 Å². The minimum absolute atomic E-state index is 0. The maximum atomic E-state index is 12.1. The summed E-state index contributed by atoms with van der Waals surface area (Å²) in [5.74, 6) is 0.563. The highest BCUT2D eigenvalue weighted by molar-refractivity contribution is 7.09. The number of carbonyl (C=O) groups excluding carboxylic acids is 1. The van der Waals surface area contributed by atoms with Crippen LogP contribution in [-0.2, 0) is 11.2 Å². The lowest BCUT2D eigenvalue weighted by atomic mass is 9.98. The van der Waals surface area contributed by atoms with Gasteiger partial charge < -0.3 is 15.8 Å². The molecule has 1 atom stereocenters. The minimum atomic E-state index is -0.0961. The van der Waals surface area contributed by atoms with Gasteiger partial charge in [-0.1, -0.05) is 12.8 Å². The molecule has 132 valence electrons. The zero-order valence-corrected chi connectivity index (χ0v) is 15.4. The third kappa shape index (κ3) is 6.37. The van der Waals surface area contributed by atoms with Crippen molar-refractivity contribution in [2.45, 2.75) is 51.6 Å². The van der Waals surface area contributed by atoms with E-state index in [1.165, 1.54) is 37.0 Å². The molecule has 0 bridgehead atoms. The van der Waals surface area contributed by atoms with Gasteiger partial charge >= 0.3 is 0 Å². The van der Waals surface area contributed by atoms with E-state index in [1.807, 2.05) is 6.92 Å². The van der Waals surface area contributed by atoms with Gasteiger partial charge in [0.25, 0.3) is 5.91 Å². The molecule has 1 amide bonds. The monoisotopic (exact) mass is 361 g/mol. The van der Waals surface area contributed by atoms with Crippen molar-refractivity contribution in [2.24, 2.45) is 11.7 Å². The summed E-state index contributed by atoms with van der Waals surface area (Å²) in [7, 11) is 0. The number of ether oxygens (including phenoxy) is 1. The third-order valence-corrected chi connectivity index (χ3v) is 5.07. The van der Waals surface area contributed by atoms with Crippen LogP contribution in [0.1, 0.15) is 54.5 Å². The van der Waals surface area contributed by atoms with Crippen molar-refractivity contribution in [3.8, 4) is 0 Å². The van der Waals surface area contributed by atoms with Gasteiger partial charge in [0.05, 0.1) is 11.1 Å². The zero-order valence-electron chi connectivity index (χ0n) is 13.8. The van der Waals surface area contributed by atoms with Crippen molar-refractivity contribution >= 4 is 29.7 Å². The Balaban J connectivity index is 0.00000264. The first-order valence-corrected chi connectivity index (χ1v) is 9.16. The topological polar surface area (TPSA) is 77.2 Å². The Morgan fingerprint density at radius 2 is 2.26 bits per heavy atom. The van der Waals surface area contributed by atoms with E-state index in [-0.39, 0.29) is 24.4 Å². The summed E-state index contributed by atoms with van der Waals surface area (Å²) in [5.41, 5.74) is 6.00. The minimum Gasteiger partial charge on any atom is -0.378 e. The smallest absolute Gasteiger partial charge is 0.270 e. The molecule has 1 aromatic rings. The SMILES string of the molecule is CCOC(CCNC(=O)c1csc(CCN)n1)C1CCCC1.Cl. The number of rotatable bonds is 9. The quantitative estimate of drug-likeness (QED) is 0.709. The summed E-state index contributed by atoms with van der Waals surface area (Å²) >= 11 is 1.49. The fourth-order valence-electron chi connectivity index (χ4n) is 3.07. The number of hydrogen-bond acceptors (Lipinski definition) is 5. The summed E-state index contributed by atoms with van der Waals surface area (Å²) < 4.78 is 5.87. The number of hydrogen-bond donors (Lipinski definition) is 2. The fraction of sp³-hybridized carbons (Fsp3) is 0.750. The van der Waals surface area contributed by atoms with Gasteiger partial charge in [0.2, 0.25) is 0 Å². The number of nitrogens with two attached hydrogens (primary N) is 1. The molecule has 1 fully saturated rings. The molecule has 0 saturated heterocycles. The van der Waals surface area contributed by atoms with Crippen LogP contribution >= 0.6 is 23.7 Å². The maximum absolute atomic E-state index is 12.1. The lowest BCUT2D eigenvalue weighted by Crippen LogP contribution is -2.31. The lowest BCUT2D eigenvalue weighted by Gasteiger charge is -2.23. The van der Waals surface area contributed by atoms with Gasteiger partial charge in [-0.25, -0.2) is 4.98 Å². The summed E-state index contributed by atoms with van der Waals surface area (Å²) in [5, 5.41) is 5.69.